The fourth-order valence-electron chi connectivity index (χ4n) is 1.28. The van der Waals surface area contributed by atoms with E-state index in [2.05, 4.69) is 0 Å². The van der Waals surface area contributed by atoms with Gasteiger partial charge in [-0.15, -0.1) is 0 Å². The molecule has 0 aliphatic heterocycles. The lowest BCUT2D eigenvalue weighted by atomic mass is 10.1. The van der Waals surface area contributed by atoms with Crippen molar-refractivity contribution >= 4 is 23.5 Å². The van der Waals surface area contributed by atoms with Crippen molar-refractivity contribution in [1.82, 2.24) is 0 Å². The molecule has 0 atom stereocenters. The van der Waals surface area contributed by atoms with Gasteiger partial charge in [-0.1, -0.05) is 12.1 Å². The number of primary amides is 1. The molecular formula is C11H10N2O4. The molecule has 1 aromatic carbocycles. The van der Waals surface area contributed by atoms with Gasteiger partial charge in [0.15, 0.2) is 5.78 Å². The number of carbonyl (C=O) groups is 2. The second-order valence-electron chi connectivity index (χ2n) is 3.29. The van der Waals surface area contributed by atoms with E-state index in [0.29, 0.717) is 0 Å². The van der Waals surface area contributed by atoms with Crippen molar-refractivity contribution in [2.75, 3.05) is 0 Å². The number of Topliss-reactive ketones (excluding diaryl/α,β-unsaturated/α-hetero) is 1. The van der Waals surface area contributed by atoms with Crippen LogP contribution in [0.4, 0.5) is 5.69 Å². The maximum absolute atomic E-state index is 11.1. The molecule has 0 bridgehead atoms. The summed E-state index contributed by atoms with van der Waals surface area (Å²) in [5.41, 5.74) is 4.73. The van der Waals surface area contributed by atoms with E-state index in [1.165, 1.54) is 25.1 Å². The van der Waals surface area contributed by atoms with Gasteiger partial charge in [0.1, 0.15) is 0 Å². The normalized spacial score (nSPS) is 11.0. The van der Waals surface area contributed by atoms with E-state index < -0.39 is 16.6 Å². The number of benzene rings is 1. The fraction of sp³-hybridized carbons (Fsp3) is 0.0909. The first-order chi connectivity index (χ1) is 7.93. The molecule has 0 aliphatic rings. The number of carbonyl (C=O) groups excluding carboxylic acids is 2. The maximum atomic E-state index is 11.1. The monoisotopic (exact) mass is 234 g/mol. The van der Waals surface area contributed by atoms with Crippen LogP contribution in [0.15, 0.2) is 29.8 Å². The van der Waals surface area contributed by atoms with Crippen LogP contribution in [0.5, 0.6) is 0 Å². The molecule has 6 heteroatoms. The summed E-state index contributed by atoms with van der Waals surface area (Å²) in [6.07, 6.45) is 1.13. The van der Waals surface area contributed by atoms with E-state index in [0.717, 1.165) is 6.08 Å². The van der Waals surface area contributed by atoms with E-state index >= 15 is 0 Å². The third kappa shape index (κ3) is 2.97. The molecule has 0 spiro atoms. The van der Waals surface area contributed by atoms with E-state index in [-0.39, 0.29) is 16.8 Å². The molecule has 6 nitrogen and oxygen atoms in total. The van der Waals surface area contributed by atoms with Gasteiger partial charge in [0.05, 0.1) is 16.1 Å². The zero-order chi connectivity index (χ0) is 13.0. The predicted molar refractivity (Wildman–Crippen MR) is 60.9 cm³/mol. The van der Waals surface area contributed by atoms with Crippen LogP contribution in [0.25, 0.3) is 6.08 Å². The number of hydrogen-bond acceptors (Lipinski definition) is 4. The number of hydrogen-bond donors (Lipinski definition) is 1. The summed E-state index contributed by atoms with van der Waals surface area (Å²) in [6.45, 7) is 1.17. The summed E-state index contributed by atoms with van der Waals surface area (Å²) < 4.78 is 0. The smallest absolute Gasteiger partial charge is 0.276 e. The van der Waals surface area contributed by atoms with Crippen molar-refractivity contribution in [2.24, 2.45) is 5.73 Å². The van der Waals surface area contributed by atoms with Gasteiger partial charge in [0.2, 0.25) is 0 Å². The minimum atomic E-state index is -0.907. The Bertz CT molecular complexity index is 504. The zero-order valence-corrected chi connectivity index (χ0v) is 9.04. The second kappa shape index (κ2) is 5.02. The fourth-order valence-corrected chi connectivity index (χ4v) is 1.28. The number of nitrogens with zero attached hydrogens (tertiary/aromatic N) is 1. The molecule has 88 valence electrons. The van der Waals surface area contributed by atoms with Gasteiger partial charge in [-0.05, 0) is 19.1 Å². The molecule has 0 heterocycles. The Hall–Kier alpha value is -2.50. The van der Waals surface area contributed by atoms with Gasteiger partial charge >= 0.3 is 0 Å². The van der Waals surface area contributed by atoms with Crippen LogP contribution in [0.3, 0.4) is 0 Å². The van der Waals surface area contributed by atoms with Gasteiger partial charge in [-0.25, -0.2) is 0 Å². The van der Waals surface area contributed by atoms with Crippen LogP contribution >= 0.6 is 0 Å². The van der Waals surface area contributed by atoms with Crippen molar-refractivity contribution in [3.8, 4) is 0 Å². The molecule has 1 rings (SSSR count). The number of nitro benzene ring substituents is 1. The van der Waals surface area contributed by atoms with Crippen LogP contribution in [0, 0.1) is 10.1 Å². The summed E-state index contributed by atoms with van der Waals surface area (Å²) in [5, 5.41) is 10.7. The summed E-state index contributed by atoms with van der Waals surface area (Å²) >= 11 is 0. The van der Waals surface area contributed by atoms with Gasteiger partial charge in [-0.3, -0.25) is 19.7 Å². The molecule has 1 aromatic rings. The number of rotatable bonds is 4. The minimum absolute atomic E-state index is 0.168. The minimum Gasteiger partial charge on any atom is -0.365 e. The first-order valence-electron chi connectivity index (χ1n) is 4.69. The van der Waals surface area contributed by atoms with Crippen molar-refractivity contribution in [3.05, 3.63) is 45.5 Å². The van der Waals surface area contributed by atoms with Gasteiger partial charge in [0, 0.05) is 6.07 Å². The number of nitro groups is 1. The Morgan fingerprint density at radius 1 is 1.35 bits per heavy atom. The zero-order valence-electron chi connectivity index (χ0n) is 9.04. The lowest BCUT2D eigenvalue weighted by molar-refractivity contribution is -0.385. The number of ketones is 1. The van der Waals surface area contributed by atoms with Crippen LogP contribution < -0.4 is 5.73 Å². The predicted octanol–water partition coefficient (Wildman–Crippen LogP) is 1.05. The summed E-state index contributed by atoms with van der Waals surface area (Å²) in [4.78, 5) is 32.2. The summed E-state index contributed by atoms with van der Waals surface area (Å²) in [7, 11) is 0. The Kier molecular flexibility index (Phi) is 3.71. The van der Waals surface area contributed by atoms with Gasteiger partial charge in [0.25, 0.3) is 11.6 Å². The standard InChI is InChI=1S/C11H10N2O4/c1-7(14)9(11(12)15)6-8-4-2-3-5-10(8)13(16)17/h2-6H,1H3,(H2,12,15). The third-order valence-electron chi connectivity index (χ3n) is 2.08. The molecule has 0 radical (unpaired) electrons. The van der Waals surface area contributed by atoms with Crippen molar-refractivity contribution < 1.29 is 14.5 Å². The van der Waals surface area contributed by atoms with E-state index in [1.807, 2.05) is 0 Å². The highest BCUT2D eigenvalue weighted by molar-refractivity contribution is 6.21. The molecule has 0 unspecified atom stereocenters. The van der Waals surface area contributed by atoms with E-state index in [4.69, 9.17) is 5.73 Å². The quantitative estimate of drug-likeness (QED) is 0.276. The summed E-state index contributed by atoms with van der Waals surface area (Å²) in [5.74, 6) is -1.44. The first kappa shape index (κ1) is 12.6. The molecule has 0 fully saturated rings. The molecule has 0 saturated heterocycles. The molecule has 0 aliphatic carbocycles. The van der Waals surface area contributed by atoms with E-state index in [1.54, 1.807) is 6.07 Å². The Morgan fingerprint density at radius 3 is 2.41 bits per heavy atom. The molecule has 0 saturated carbocycles. The maximum Gasteiger partial charge on any atom is 0.276 e. The Balaban J connectivity index is 3.34. The number of amides is 1. The molecular weight excluding hydrogens is 224 g/mol. The molecule has 17 heavy (non-hydrogen) atoms. The third-order valence-corrected chi connectivity index (χ3v) is 2.08. The van der Waals surface area contributed by atoms with Gasteiger partial charge in [-0.2, -0.15) is 0 Å². The van der Waals surface area contributed by atoms with Gasteiger partial charge < -0.3 is 5.73 Å². The SMILES string of the molecule is CC(=O)C(=Cc1ccccc1[N+](=O)[O-])C(N)=O. The average molecular weight is 234 g/mol. The topological polar surface area (TPSA) is 103 Å². The Labute approximate surface area is 96.9 Å². The molecule has 1 amide bonds. The lowest BCUT2D eigenvalue weighted by Crippen LogP contribution is -2.18. The van der Waals surface area contributed by atoms with Crippen molar-refractivity contribution in [2.45, 2.75) is 6.92 Å². The van der Waals surface area contributed by atoms with Crippen molar-refractivity contribution in [1.29, 1.82) is 0 Å². The van der Waals surface area contributed by atoms with Crippen LogP contribution in [0.1, 0.15) is 12.5 Å². The van der Waals surface area contributed by atoms with Crippen LogP contribution in [-0.4, -0.2) is 16.6 Å². The lowest BCUT2D eigenvalue weighted by Gasteiger charge is -2.00. The summed E-state index contributed by atoms with van der Waals surface area (Å²) in [6, 6.07) is 5.78. The Morgan fingerprint density at radius 2 is 1.94 bits per heavy atom. The number of nitrogens with two attached hydrogens (primary N) is 1. The highest BCUT2D eigenvalue weighted by atomic mass is 16.6. The molecule has 2 N–H and O–H groups in total. The second-order valence-corrected chi connectivity index (χ2v) is 3.29. The average Bonchev–Trinajstić information content (AvgIpc) is 2.25. The first-order valence-corrected chi connectivity index (χ1v) is 4.69. The number of para-hydroxylation sites is 1. The van der Waals surface area contributed by atoms with Crippen molar-refractivity contribution in [3.63, 3.8) is 0 Å². The van der Waals surface area contributed by atoms with E-state index in [9.17, 15) is 19.7 Å². The largest absolute Gasteiger partial charge is 0.365 e. The van der Waals surface area contributed by atoms with Crippen LogP contribution in [0.2, 0.25) is 0 Å². The highest BCUT2D eigenvalue weighted by Gasteiger charge is 2.15. The van der Waals surface area contributed by atoms with Crippen LogP contribution in [-0.2, 0) is 9.59 Å². The highest BCUT2D eigenvalue weighted by Crippen LogP contribution is 2.20. The molecule has 0 aromatic heterocycles.